The van der Waals surface area contributed by atoms with Crippen LogP contribution in [0.1, 0.15) is 35.7 Å². The highest BCUT2D eigenvalue weighted by atomic mass is 19.4. The van der Waals surface area contributed by atoms with Gasteiger partial charge in [0.15, 0.2) is 5.89 Å². The number of alkyl halides is 3. The quantitative estimate of drug-likeness (QED) is 0.858. The number of rotatable bonds is 4. The largest absolute Gasteiger partial charge is 0.444 e. The van der Waals surface area contributed by atoms with Gasteiger partial charge in [-0.15, -0.1) is 0 Å². The lowest BCUT2D eigenvalue weighted by Crippen LogP contribution is -2.30. The molecule has 1 atom stereocenters. The lowest BCUT2D eigenvalue weighted by molar-refractivity contribution is -0.137. The molecule has 1 saturated heterocycles. The standard InChI is InChI=1S/C16H14F3N3O3/c1-2-12-20-7-11(25-12)8-22-14(23)13(21-15(22)24)9-4-3-5-10(6-9)16(17,18)19/h3-7,13H,2,8H2,1H3,(H,21,24). The monoisotopic (exact) mass is 353 g/mol. The average molecular weight is 353 g/mol. The molecular weight excluding hydrogens is 339 g/mol. The summed E-state index contributed by atoms with van der Waals surface area (Å²) in [4.78, 5) is 29.4. The van der Waals surface area contributed by atoms with Crippen LogP contribution in [0, 0.1) is 0 Å². The number of carbonyl (C=O) groups is 2. The Balaban J connectivity index is 1.81. The van der Waals surface area contributed by atoms with Gasteiger partial charge in [-0.1, -0.05) is 19.1 Å². The minimum Gasteiger partial charge on any atom is -0.444 e. The maximum Gasteiger partial charge on any atom is 0.416 e. The molecule has 0 radical (unpaired) electrons. The Morgan fingerprint density at radius 1 is 1.32 bits per heavy atom. The normalized spacial score (nSPS) is 17.9. The number of hydrogen-bond donors (Lipinski definition) is 1. The van der Waals surface area contributed by atoms with Gasteiger partial charge in [-0.25, -0.2) is 9.78 Å². The lowest BCUT2D eigenvalue weighted by Gasteiger charge is -2.13. The second-order valence-corrected chi connectivity index (χ2v) is 5.50. The van der Waals surface area contributed by atoms with E-state index in [1.54, 1.807) is 0 Å². The van der Waals surface area contributed by atoms with Crippen molar-refractivity contribution in [2.45, 2.75) is 32.1 Å². The van der Waals surface area contributed by atoms with Crippen LogP contribution in [0.25, 0.3) is 0 Å². The van der Waals surface area contributed by atoms with Crippen LogP contribution in [0.3, 0.4) is 0 Å². The average Bonchev–Trinajstić information content (AvgIpc) is 3.14. The zero-order valence-electron chi connectivity index (χ0n) is 13.1. The van der Waals surface area contributed by atoms with Crippen molar-refractivity contribution in [1.29, 1.82) is 0 Å². The second kappa shape index (κ2) is 6.23. The number of nitrogens with one attached hydrogen (secondary N) is 1. The van der Waals surface area contributed by atoms with E-state index in [0.29, 0.717) is 18.1 Å². The van der Waals surface area contributed by atoms with Gasteiger partial charge in [0, 0.05) is 6.42 Å². The number of amides is 3. The van der Waals surface area contributed by atoms with Crippen molar-refractivity contribution >= 4 is 11.9 Å². The van der Waals surface area contributed by atoms with Gasteiger partial charge in [0.25, 0.3) is 5.91 Å². The number of aryl methyl sites for hydroxylation is 1. The molecule has 6 nitrogen and oxygen atoms in total. The number of benzene rings is 1. The van der Waals surface area contributed by atoms with E-state index in [4.69, 9.17) is 4.42 Å². The molecule has 25 heavy (non-hydrogen) atoms. The van der Waals surface area contributed by atoms with Gasteiger partial charge in [-0.05, 0) is 17.7 Å². The molecule has 1 fully saturated rings. The first-order valence-corrected chi connectivity index (χ1v) is 7.52. The first kappa shape index (κ1) is 17.0. The second-order valence-electron chi connectivity index (χ2n) is 5.50. The van der Waals surface area contributed by atoms with Crippen LogP contribution in [0.5, 0.6) is 0 Å². The first-order chi connectivity index (χ1) is 11.8. The summed E-state index contributed by atoms with van der Waals surface area (Å²) in [5.74, 6) is 0.153. The van der Waals surface area contributed by atoms with Gasteiger partial charge < -0.3 is 9.73 Å². The summed E-state index contributed by atoms with van der Waals surface area (Å²) in [5, 5.41) is 2.40. The van der Waals surface area contributed by atoms with Gasteiger partial charge in [0.2, 0.25) is 0 Å². The zero-order valence-corrected chi connectivity index (χ0v) is 13.1. The molecular formula is C16H14F3N3O3. The van der Waals surface area contributed by atoms with Crippen LogP contribution >= 0.6 is 0 Å². The predicted octanol–water partition coefficient (Wildman–Crippen LogP) is 3.05. The summed E-state index contributed by atoms with van der Waals surface area (Å²) in [6.07, 6.45) is -2.55. The van der Waals surface area contributed by atoms with Crippen LogP contribution in [0.2, 0.25) is 0 Å². The molecule has 1 unspecified atom stereocenters. The molecule has 1 aromatic heterocycles. The van der Waals surface area contributed by atoms with E-state index in [9.17, 15) is 22.8 Å². The first-order valence-electron chi connectivity index (χ1n) is 7.52. The summed E-state index contributed by atoms with van der Waals surface area (Å²) in [6.45, 7) is 1.71. The SMILES string of the molecule is CCc1ncc(CN2C(=O)NC(c3cccc(C(F)(F)F)c3)C2=O)o1. The number of carbonyl (C=O) groups excluding carboxylic acids is 2. The van der Waals surface area contributed by atoms with Gasteiger partial charge >= 0.3 is 12.2 Å². The third-order valence-electron chi connectivity index (χ3n) is 3.79. The van der Waals surface area contributed by atoms with Crippen LogP contribution in [0.15, 0.2) is 34.9 Å². The van der Waals surface area contributed by atoms with E-state index in [0.717, 1.165) is 17.0 Å². The fourth-order valence-electron chi connectivity index (χ4n) is 2.53. The highest BCUT2D eigenvalue weighted by Crippen LogP contribution is 2.32. The maximum atomic E-state index is 12.8. The molecule has 3 amide bonds. The Morgan fingerprint density at radius 2 is 2.08 bits per heavy atom. The fourth-order valence-corrected chi connectivity index (χ4v) is 2.53. The van der Waals surface area contributed by atoms with Crippen molar-refractivity contribution in [3.8, 4) is 0 Å². The Morgan fingerprint density at radius 3 is 2.72 bits per heavy atom. The number of hydrogen-bond acceptors (Lipinski definition) is 4. The minimum atomic E-state index is -4.53. The van der Waals surface area contributed by atoms with Crippen LogP contribution in [0.4, 0.5) is 18.0 Å². The molecule has 9 heteroatoms. The highest BCUT2D eigenvalue weighted by molar-refractivity contribution is 6.04. The molecule has 1 N–H and O–H groups in total. The number of aromatic nitrogens is 1. The Kier molecular flexibility index (Phi) is 4.23. The van der Waals surface area contributed by atoms with Crippen LogP contribution < -0.4 is 5.32 Å². The Labute approximate surface area is 140 Å². The molecule has 2 aromatic rings. The van der Waals surface area contributed by atoms with Crippen molar-refractivity contribution in [3.63, 3.8) is 0 Å². The number of imide groups is 1. The van der Waals surface area contributed by atoms with E-state index < -0.39 is 29.7 Å². The van der Waals surface area contributed by atoms with E-state index in [2.05, 4.69) is 10.3 Å². The number of oxazole rings is 1. The Hall–Kier alpha value is -2.84. The summed E-state index contributed by atoms with van der Waals surface area (Å²) < 4.78 is 43.8. The molecule has 0 spiro atoms. The van der Waals surface area contributed by atoms with Crippen LogP contribution in [-0.2, 0) is 23.9 Å². The van der Waals surface area contributed by atoms with Crippen LogP contribution in [-0.4, -0.2) is 21.8 Å². The van der Waals surface area contributed by atoms with Crippen molar-refractivity contribution in [1.82, 2.24) is 15.2 Å². The van der Waals surface area contributed by atoms with E-state index in [1.165, 1.54) is 18.3 Å². The summed E-state index contributed by atoms with van der Waals surface area (Å²) >= 11 is 0. The topological polar surface area (TPSA) is 75.4 Å². The summed E-state index contributed by atoms with van der Waals surface area (Å²) in [7, 11) is 0. The molecule has 0 aliphatic carbocycles. The van der Waals surface area contributed by atoms with Gasteiger partial charge in [-0.2, -0.15) is 13.2 Å². The maximum absolute atomic E-state index is 12.8. The van der Waals surface area contributed by atoms with Gasteiger partial charge in [0.05, 0.1) is 18.3 Å². The molecule has 2 heterocycles. The summed E-state index contributed by atoms with van der Waals surface area (Å²) in [5.41, 5.74) is -0.809. The molecule has 1 aliphatic heterocycles. The van der Waals surface area contributed by atoms with Gasteiger partial charge in [-0.3, -0.25) is 9.69 Å². The highest BCUT2D eigenvalue weighted by Gasteiger charge is 2.40. The molecule has 132 valence electrons. The van der Waals surface area contributed by atoms with Crippen molar-refractivity contribution in [2.75, 3.05) is 0 Å². The van der Waals surface area contributed by atoms with Crippen molar-refractivity contribution in [2.24, 2.45) is 0 Å². The molecule has 0 bridgehead atoms. The zero-order chi connectivity index (χ0) is 18.2. The molecule has 0 saturated carbocycles. The van der Waals surface area contributed by atoms with E-state index >= 15 is 0 Å². The lowest BCUT2D eigenvalue weighted by atomic mass is 10.0. The van der Waals surface area contributed by atoms with Crippen molar-refractivity contribution < 1.29 is 27.2 Å². The third-order valence-corrected chi connectivity index (χ3v) is 3.79. The Bertz CT molecular complexity index is 816. The number of halogens is 3. The summed E-state index contributed by atoms with van der Waals surface area (Å²) in [6, 6.07) is 2.47. The van der Waals surface area contributed by atoms with Gasteiger partial charge in [0.1, 0.15) is 11.8 Å². The third kappa shape index (κ3) is 3.35. The van der Waals surface area contributed by atoms with Crippen molar-refractivity contribution in [3.05, 3.63) is 53.2 Å². The smallest absolute Gasteiger partial charge is 0.416 e. The molecule has 1 aromatic carbocycles. The van der Waals surface area contributed by atoms with E-state index in [1.807, 2.05) is 6.92 Å². The molecule has 1 aliphatic rings. The van der Waals surface area contributed by atoms with E-state index in [-0.39, 0.29) is 12.1 Å². The number of nitrogens with zero attached hydrogens (tertiary/aromatic N) is 2. The minimum absolute atomic E-state index is 0.0718. The predicted molar refractivity (Wildman–Crippen MR) is 79.1 cm³/mol. The molecule has 3 rings (SSSR count). The fraction of sp³-hybridized carbons (Fsp3) is 0.312. The number of urea groups is 1.